The minimum atomic E-state index is -0.223. The van der Waals surface area contributed by atoms with Crippen LogP contribution >= 0.6 is 0 Å². The zero-order chi connectivity index (χ0) is 9.40. The number of carbonyl (C=O) groups is 1. The zero-order valence-electron chi connectivity index (χ0n) is 8.22. The van der Waals surface area contributed by atoms with E-state index in [-0.39, 0.29) is 5.97 Å². The van der Waals surface area contributed by atoms with Crippen LogP contribution in [0.25, 0.3) is 0 Å². The number of unbranched alkanes of at least 4 members (excludes halogenated alkanes) is 2. The average Bonchev–Trinajstić information content (AvgIpc) is 2.02. The maximum absolute atomic E-state index is 10.6. The molecule has 0 aromatic heterocycles. The van der Waals surface area contributed by atoms with Crippen LogP contribution in [0.3, 0.4) is 0 Å². The van der Waals surface area contributed by atoms with Gasteiger partial charge in [-0.2, -0.15) is 0 Å². The van der Waals surface area contributed by atoms with Crippen molar-refractivity contribution < 1.29 is 9.53 Å². The number of carbonyl (C=O) groups excluding carboxylic acids is 1. The van der Waals surface area contributed by atoms with Gasteiger partial charge >= 0.3 is 5.97 Å². The van der Waals surface area contributed by atoms with Crippen LogP contribution in [-0.4, -0.2) is 5.97 Å². The fourth-order valence-electron chi connectivity index (χ4n) is 0.910. The van der Waals surface area contributed by atoms with Gasteiger partial charge in [-0.3, -0.25) is 4.79 Å². The molecule has 0 radical (unpaired) electrons. The normalized spacial score (nSPS) is 11.4. The Morgan fingerprint density at radius 3 is 2.50 bits per heavy atom. The summed E-state index contributed by atoms with van der Waals surface area (Å²) < 4.78 is 4.97. The van der Waals surface area contributed by atoms with Crippen molar-refractivity contribution in [2.75, 3.05) is 0 Å². The fraction of sp³-hybridized carbons (Fsp3) is 0.700. The summed E-state index contributed by atoms with van der Waals surface area (Å²) in [5, 5.41) is 0. The minimum absolute atomic E-state index is 0.223. The summed E-state index contributed by atoms with van der Waals surface area (Å²) in [7, 11) is 0. The third kappa shape index (κ3) is 5.96. The van der Waals surface area contributed by atoms with Crippen LogP contribution in [0.4, 0.5) is 0 Å². The Labute approximate surface area is 74.6 Å². The van der Waals surface area contributed by atoms with Gasteiger partial charge in [-0.15, -0.1) is 0 Å². The molecular weight excluding hydrogens is 152 g/mol. The van der Waals surface area contributed by atoms with Gasteiger partial charge in [0.25, 0.3) is 0 Å². The highest BCUT2D eigenvalue weighted by Gasteiger charge is 1.97. The van der Waals surface area contributed by atoms with Crippen LogP contribution in [-0.2, 0) is 9.53 Å². The number of allylic oxidation sites excluding steroid dienone is 2. The van der Waals surface area contributed by atoms with E-state index in [2.05, 4.69) is 6.92 Å². The van der Waals surface area contributed by atoms with Crippen molar-refractivity contribution in [3.05, 3.63) is 11.8 Å². The lowest BCUT2D eigenvalue weighted by molar-refractivity contribution is -0.137. The molecule has 0 N–H and O–H groups in total. The summed E-state index contributed by atoms with van der Waals surface area (Å²) in [5.41, 5.74) is 0. The molecule has 0 unspecified atom stereocenters. The van der Waals surface area contributed by atoms with Crippen molar-refractivity contribution in [2.45, 2.75) is 46.5 Å². The molecule has 0 aliphatic carbocycles. The third-order valence-corrected chi connectivity index (χ3v) is 1.55. The molecule has 0 atom stereocenters. The molecule has 0 saturated carbocycles. The molecule has 0 aliphatic rings. The largest absolute Gasteiger partial charge is 0.432 e. The molecule has 0 fully saturated rings. The second kappa shape index (κ2) is 6.89. The van der Waals surface area contributed by atoms with Gasteiger partial charge in [-0.1, -0.05) is 20.3 Å². The van der Waals surface area contributed by atoms with Gasteiger partial charge in [0.15, 0.2) is 0 Å². The smallest absolute Gasteiger partial charge is 0.307 e. The van der Waals surface area contributed by atoms with Gasteiger partial charge in [0.05, 0.1) is 0 Å². The number of rotatable bonds is 5. The lowest BCUT2D eigenvalue weighted by Gasteiger charge is -2.03. The molecule has 0 saturated heterocycles. The molecule has 0 bridgehead atoms. The lowest BCUT2D eigenvalue weighted by Crippen LogP contribution is -1.97. The Hall–Kier alpha value is -0.790. The summed E-state index contributed by atoms with van der Waals surface area (Å²) in [4.78, 5) is 10.6. The lowest BCUT2D eigenvalue weighted by atomic mass is 10.2. The van der Waals surface area contributed by atoms with E-state index >= 15 is 0 Å². The van der Waals surface area contributed by atoms with Crippen LogP contribution in [0.15, 0.2) is 11.8 Å². The van der Waals surface area contributed by atoms with E-state index in [4.69, 9.17) is 4.74 Å². The van der Waals surface area contributed by atoms with E-state index in [1.807, 2.05) is 13.0 Å². The van der Waals surface area contributed by atoms with Crippen LogP contribution < -0.4 is 0 Å². The van der Waals surface area contributed by atoms with Crippen LogP contribution in [0.2, 0.25) is 0 Å². The molecule has 0 aliphatic heterocycles. The van der Waals surface area contributed by atoms with Gasteiger partial charge in [0.2, 0.25) is 0 Å². The van der Waals surface area contributed by atoms with Gasteiger partial charge in [-0.05, 0) is 18.9 Å². The molecule has 12 heavy (non-hydrogen) atoms. The quantitative estimate of drug-likeness (QED) is 0.360. The molecule has 0 rings (SSSR count). The summed E-state index contributed by atoms with van der Waals surface area (Å²) in [6, 6.07) is 0. The molecular formula is C10H18O2. The van der Waals surface area contributed by atoms with Gasteiger partial charge in [0.1, 0.15) is 5.76 Å². The van der Waals surface area contributed by atoms with Crippen LogP contribution in [0.5, 0.6) is 0 Å². The van der Waals surface area contributed by atoms with Gasteiger partial charge < -0.3 is 4.74 Å². The van der Waals surface area contributed by atoms with Crippen molar-refractivity contribution >= 4 is 5.97 Å². The molecule has 2 nitrogen and oxygen atoms in total. The Morgan fingerprint density at radius 2 is 2.08 bits per heavy atom. The van der Waals surface area contributed by atoms with E-state index in [0.717, 1.165) is 25.0 Å². The molecule has 0 heterocycles. The number of esters is 1. The zero-order valence-corrected chi connectivity index (χ0v) is 8.22. The Balaban J connectivity index is 3.78. The van der Waals surface area contributed by atoms with E-state index < -0.39 is 0 Å². The van der Waals surface area contributed by atoms with Gasteiger partial charge in [-0.25, -0.2) is 0 Å². The molecule has 0 aromatic carbocycles. The van der Waals surface area contributed by atoms with Crippen molar-refractivity contribution in [1.29, 1.82) is 0 Å². The molecule has 70 valence electrons. The van der Waals surface area contributed by atoms with Crippen molar-refractivity contribution in [1.82, 2.24) is 0 Å². The highest BCUT2D eigenvalue weighted by Crippen LogP contribution is 2.06. The Kier molecular flexibility index (Phi) is 6.44. The summed E-state index contributed by atoms with van der Waals surface area (Å²) in [6.45, 7) is 5.56. The number of ether oxygens (including phenoxy) is 1. The number of hydrogen-bond acceptors (Lipinski definition) is 2. The van der Waals surface area contributed by atoms with Crippen molar-refractivity contribution in [2.24, 2.45) is 0 Å². The first-order valence-electron chi connectivity index (χ1n) is 4.58. The predicted octanol–water partition coefficient (Wildman–Crippen LogP) is 3.03. The third-order valence-electron chi connectivity index (χ3n) is 1.55. The molecule has 0 amide bonds. The van der Waals surface area contributed by atoms with Crippen LogP contribution in [0, 0.1) is 0 Å². The first-order valence-corrected chi connectivity index (χ1v) is 4.58. The van der Waals surface area contributed by atoms with E-state index in [9.17, 15) is 4.79 Å². The average molecular weight is 170 g/mol. The minimum Gasteiger partial charge on any atom is -0.432 e. The van der Waals surface area contributed by atoms with Gasteiger partial charge in [0, 0.05) is 13.3 Å². The summed E-state index contributed by atoms with van der Waals surface area (Å²) in [5.74, 6) is 0.579. The highest BCUT2D eigenvalue weighted by atomic mass is 16.5. The van der Waals surface area contributed by atoms with Crippen molar-refractivity contribution in [3.63, 3.8) is 0 Å². The highest BCUT2D eigenvalue weighted by molar-refractivity contribution is 5.67. The molecule has 0 spiro atoms. The second-order valence-corrected chi connectivity index (χ2v) is 2.76. The maximum Gasteiger partial charge on any atom is 0.307 e. The number of hydrogen-bond donors (Lipinski definition) is 0. The molecule has 2 heteroatoms. The summed E-state index contributed by atoms with van der Waals surface area (Å²) in [6.07, 6.45) is 6.14. The topological polar surface area (TPSA) is 26.3 Å². The molecule has 0 aromatic rings. The SMILES string of the molecule is CCCC/C=C(\CC)OC(C)=O. The Bertz CT molecular complexity index is 159. The van der Waals surface area contributed by atoms with E-state index in [0.29, 0.717) is 0 Å². The maximum atomic E-state index is 10.6. The standard InChI is InChI=1S/C10H18O2/c1-4-6-7-8-10(5-2)12-9(3)11/h8H,4-7H2,1-3H3/b10-8+. The first kappa shape index (κ1) is 11.2. The fourth-order valence-corrected chi connectivity index (χ4v) is 0.910. The predicted molar refractivity (Wildman–Crippen MR) is 49.7 cm³/mol. The van der Waals surface area contributed by atoms with Crippen LogP contribution in [0.1, 0.15) is 46.5 Å². The Morgan fingerprint density at radius 1 is 1.42 bits per heavy atom. The van der Waals surface area contributed by atoms with E-state index in [1.165, 1.54) is 13.3 Å². The monoisotopic (exact) mass is 170 g/mol. The first-order chi connectivity index (χ1) is 5.70. The summed E-state index contributed by atoms with van der Waals surface area (Å²) >= 11 is 0. The second-order valence-electron chi connectivity index (χ2n) is 2.76. The van der Waals surface area contributed by atoms with Crippen molar-refractivity contribution in [3.8, 4) is 0 Å². The van der Waals surface area contributed by atoms with E-state index in [1.54, 1.807) is 0 Å².